The number of rotatable bonds is 3. The van der Waals surface area contributed by atoms with E-state index in [0.29, 0.717) is 17.0 Å². The average Bonchev–Trinajstić information content (AvgIpc) is 3.62. The third-order valence-electron chi connectivity index (χ3n) is 8.60. The quantitative estimate of drug-likeness (QED) is 0.267. The molecule has 3 fully saturated rings. The van der Waals surface area contributed by atoms with E-state index < -0.39 is 46.2 Å². The Morgan fingerprint density at radius 3 is 2.44 bits per heavy atom. The molecule has 0 unspecified atom stereocenters. The van der Waals surface area contributed by atoms with Crippen molar-refractivity contribution in [2.24, 2.45) is 29.6 Å². The zero-order valence-corrected chi connectivity index (χ0v) is 21.4. The molecule has 1 aromatic heterocycles. The number of thiazole rings is 1. The second kappa shape index (κ2) is 8.28. The molecule has 7 rings (SSSR count). The maximum atomic E-state index is 13.7. The van der Waals surface area contributed by atoms with Crippen molar-refractivity contribution in [3.8, 4) is 0 Å². The number of hydrogen-bond acceptors (Lipinski definition) is 7. The van der Waals surface area contributed by atoms with E-state index >= 15 is 0 Å². The molecule has 2 aliphatic heterocycles. The van der Waals surface area contributed by atoms with E-state index in [0.717, 1.165) is 33.2 Å². The van der Waals surface area contributed by atoms with E-state index in [4.69, 9.17) is 0 Å². The predicted molar refractivity (Wildman–Crippen MR) is 136 cm³/mol. The highest BCUT2D eigenvalue weighted by molar-refractivity contribution is 8.00. The summed E-state index contributed by atoms with van der Waals surface area (Å²) >= 11 is 2.51. The van der Waals surface area contributed by atoms with Crippen molar-refractivity contribution in [1.29, 1.82) is 0 Å². The van der Waals surface area contributed by atoms with E-state index in [-0.39, 0.29) is 39.3 Å². The van der Waals surface area contributed by atoms with E-state index in [1.54, 1.807) is 12.1 Å². The number of imide groups is 1. The summed E-state index contributed by atoms with van der Waals surface area (Å²) in [6, 6.07) is 10.5. The van der Waals surface area contributed by atoms with Gasteiger partial charge in [-0.1, -0.05) is 29.5 Å². The molecular weight excluding hydrogens is 555 g/mol. The molecule has 8 nitrogen and oxygen atoms in total. The normalized spacial score (nSPS) is 30.8. The van der Waals surface area contributed by atoms with Crippen LogP contribution in [0.2, 0.25) is 0 Å². The largest absolute Gasteiger partial charge is 0.416 e. The number of alkyl halides is 3. The summed E-state index contributed by atoms with van der Waals surface area (Å²) in [7, 11) is 0. The van der Waals surface area contributed by atoms with Crippen molar-refractivity contribution in [3.63, 3.8) is 0 Å². The molecule has 2 bridgehead atoms. The Kier molecular flexibility index (Phi) is 5.22. The van der Waals surface area contributed by atoms with E-state index in [9.17, 15) is 37.7 Å². The summed E-state index contributed by atoms with van der Waals surface area (Å²) in [5, 5.41) is 12.0. The number of H-pyrrole nitrogens is 1. The van der Waals surface area contributed by atoms with Gasteiger partial charge in [-0.3, -0.25) is 29.4 Å². The number of aromatic nitrogens is 1. The van der Waals surface area contributed by atoms with Gasteiger partial charge in [0.15, 0.2) is 0 Å². The number of halogens is 3. The smallest absolute Gasteiger partial charge is 0.307 e. The summed E-state index contributed by atoms with van der Waals surface area (Å²) in [6.45, 7) is 0. The summed E-state index contributed by atoms with van der Waals surface area (Å²) < 4.78 is 40.1. The van der Waals surface area contributed by atoms with Gasteiger partial charge in [0, 0.05) is 28.2 Å². The standard InChI is InChI=1S/C26H18F3N3O5S2/c27-26(28,29)11-4-2-5-12(8-11)31-23(33)18-14-9-15(19(18)24(31)34)20-17(14)16(21-22(38-20)30-25(35)39-21)10-3-1-6-13(7-10)32(36)37/h1-8,14-20H,9H2,(H,30,35)/t14-,15-,16-,17-,18+,19-,20-/m1/s1. The Morgan fingerprint density at radius 2 is 1.72 bits per heavy atom. The number of fused-ring (bicyclic) bond motifs is 9. The zero-order valence-electron chi connectivity index (χ0n) is 19.8. The van der Waals surface area contributed by atoms with Gasteiger partial charge in [0.25, 0.3) is 5.69 Å². The van der Waals surface area contributed by atoms with Gasteiger partial charge >= 0.3 is 11.0 Å². The minimum atomic E-state index is -4.62. The molecule has 2 saturated carbocycles. The number of nitrogens with one attached hydrogen (secondary N) is 1. The van der Waals surface area contributed by atoms with Gasteiger partial charge in [0.05, 0.1) is 33.0 Å². The number of anilines is 1. The molecule has 2 amide bonds. The first-order valence-corrected chi connectivity index (χ1v) is 13.9. The fourth-order valence-corrected chi connectivity index (χ4v) is 10.2. The maximum Gasteiger partial charge on any atom is 0.416 e. The predicted octanol–water partition coefficient (Wildman–Crippen LogP) is 5.04. The van der Waals surface area contributed by atoms with Crippen LogP contribution in [0.4, 0.5) is 24.5 Å². The molecule has 1 saturated heterocycles. The van der Waals surface area contributed by atoms with Crippen LogP contribution >= 0.6 is 23.1 Å². The summed E-state index contributed by atoms with van der Waals surface area (Å²) in [4.78, 5) is 55.0. The van der Waals surface area contributed by atoms with Crippen LogP contribution in [0.5, 0.6) is 0 Å². The van der Waals surface area contributed by atoms with Gasteiger partial charge in [-0.25, -0.2) is 0 Å². The summed E-state index contributed by atoms with van der Waals surface area (Å²) in [6.07, 6.45) is -4.03. The number of non-ortho nitro benzene ring substituents is 1. The lowest BCUT2D eigenvalue weighted by molar-refractivity contribution is -0.384. The number of nitrogens with zero attached hydrogens (tertiary/aromatic N) is 2. The molecular formula is C26H18F3N3O5S2. The van der Waals surface area contributed by atoms with E-state index in [1.807, 2.05) is 0 Å². The number of carbonyl (C=O) groups is 2. The van der Waals surface area contributed by atoms with Crippen molar-refractivity contribution in [2.75, 3.05) is 4.90 Å². The molecule has 4 aliphatic rings. The van der Waals surface area contributed by atoms with Gasteiger partial charge in [0.2, 0.25) is 11.8 Å². The van der Waals surface area contributed by atoms with Crippen molar-refractivity contribution in [1.82, 2.24) is 4.98 Å². The van der Waals surface area contributed by atoms with Crippen molar-refractivity contribution < 1.29 is 27.7 Å². The van der Waals surface area contributed by atoms with Crippen LogP contribution in [0.3, 0.4) is 0 Å². The van der Waals surface area contributed by atoms with Crippen LogP contribution in [-0.2, 0) is 15.8 Å². The van der Waals surface area contributed by atoms with E-state index in [2.05, 4.69) is 4.98 Å². The third-order valence-corrected chi connectivity index (χ3v) is 11.2. The Hall–Kier alpha value is -3.45. The lowest BCUT2D eigenvalue weighted by atomic mass is 9.68. The highest BCUT2D eigenvalue weighted by Crippen LogP contribution is 2.68. The van der Waals surface area contributed by atoms with Gasteiger partial charge in [0.1, 0.15) is 0 Å². The molecule has 2 aliphatic carbocycles. The number of carbonyl (C=O) groups excluding carboxylic acids is 2. The number of nitro groups is 1. The van der Waals surface area contributed by atoms with Gasteiger partial charge < -0.3 is 4.98 Å². The molecule has 7 atom stereocenters. The molecule has 13 heteroatoms. The topological polar surface area (TPSA) is 113 Å². The monoisotopic (exact) mass is 573 g/mol. The second-order valence-corrected chi connectivity index (χ2v) is 12.6. The highest BCUT2D eigenvalue weighted by atomic mass is 32.2. The van der Waals surface area contributed by atoms with Crippen LogP contribution in [0.15, 0.2) is 58.4 Å². The van der Waals surface area contributed by atoms with Crippen molar-refractivity contribution >= 4 is 46.3 Å². The van der Waals surface area contributed by atoms with Crippen LogP contribution in [-0.4, -0.2) is 27.0 Å². The third kappa shape index (κ3) is 3.48. The molecule has 0 radical (unpaired) electrons. The molecule has 39 heavy (non-hydrogen) atoms. The lowest BCUT2D eigenvalue weighted by Crippen LogP contribution is -2.42. The Morgan fingerprint density at radius 1 is 1.00 bits per heavy atom. The second-order valence-electron chi connectivity index (χ2n) is 10.4. The Labute approximate surface area is 226 Å². The van der Waals surface area contributed by atoms with Crippen LogP contribution in [0.25, 0.3) is 0 Å². The minimum Gasteiger partial charge on any atom is -0.307 e. The fourth-order valence-electron chi connectivity index (χ4n) is 7.30. The Balaban J connectivity index is 1.31. The fraction of sp³-hybridized carbons (Fsp3) is 0.346. The number of nitro benzene ring substituents is 1. The molecule has 0 spiro atoms. The number of thioether (sulfide) groups is 1. The van der Waals surface area contributed by atoms with Gasteiger partial charge in [-0.05, 0) is 47.9 Å². The lowest BCUT2D eigenvalue weighted by Gasteiger charge is -2.42. The first-order chi connectivity index (χ1) is 18.5. The number of amides is 2. The molecule has 200 valence electrons. The maximum absolute atomic E-state index is 13.7. The zero-order chi connectivity index (χ0) is 27.4. The molecule has 2 aromatic carbocycles. The first kappa shape index (κ1) is 24.6. The first-order valence-electron chi connectivity index (χ1n) is 12.2. The minimum absolute atomic E-state index is 0.0874. The average molecular weight is 574 g/mol. The van der Waals surface area contributed by atoms with Crippen LogP contribution in [0.1, 0.15) is 28.3 Å². The molecule has 3 heterocycles. The SMILES string of the molecule is O=C1[C@@H]2[C@H]3C[C@@H]([C@@H]2C(=O)N1c1cccc(C(F)(F)F)c1)[C@@H]1[C@@H](c2cccc([N+](=O)[O-])c2)c2sc(=O)[nH]c2S[C@H]31. The molecule has 3 aromatic rings. The van der Waals surface area contributed by atoms with Gasteiger partial charge in [-0.2, -0.15) is 13.2 Å². The highest BCUT2D eigenvalue weighted by Gasteiger charge is 2.69. The molecule has 1 N–H and O–H groups in total. The number of benzene rings is 2. The Bertz CT molecular complexity index is 1630. The number of aromatic amines is 1. The van der Waals surface area contributed by atoms with Crippen molar-refractivity contribution in [3.05, 3.63) is 84.3 Å². The van der Waals surface area contributed by atoms with Crippen LogP contribution < -0.4 is 9.77 Å². The summed E-state index contributed by atoms with van der Waals surface area (Å²) in [5.74, 6) is -3.42. The van der Waals surface area contributed by atoms with Crippen molar-refractivity contribution in [2.45, 2.75) is 28.8 Å². The van der Waals surface area contributed by atoms with Gasteiger partial charge in [-0.15, -0.1) is 11.8 Å². The number of hydrogen-bond donors (Lipinski definition) is 1. The summed E-state index contributed by atoms with van der Waals surface area (Å²) in [5.41, 5.74) is -0.464. The van der Waals surface area contributed by atoms with Crippen LogP contribution in [0, 0.1) is 39.7 Å². The van der Waals surface area contributed by atoms with E-state index in [1.165, 1.54) is 36.0 Å².